The van der Waals surface area contributed by atoms with Crippen LogP contribution in [0.5, 0.6) is 0 Å². The maximum atomic E-state index is 12.6. The van der Waals surface area contributed by atoms with Gasteiger partial charge in [0, 0.05) is 37.0 Å². The van der Waals surface area contributed by atoms with E-state index in [0.29, 0.717) is 17.9 Å². The van der Waals surface area contributed by atoms with Gasteiger partial charge in [-0.1, -0.05) is 6.07 Å². The highest BCUT2D eigenvalue weighted by atomic mass is 32.2. The maximum absolute atomic E-state index is 12.6. The highest BCUT2D eigenvalue weighted by Crippen LogP contribution is 2.33. The first kappa shape index (κ1) is 19.1. The normalized spacial score (nSPS) is 22.5. The number of carbonyl (C=O) groups excluding carboxylic acids is 3. The average molecular weight is 395 g/mol. The van der Waals surface area contributed by atoms with Gasteiger partial charge in [0.1, 0.15) is 0 Å². The van der Waals surface area contributed by atoms with Crippen molar-refractivity contribution in [1.82, 2.24) is 9.80 Å². The van der Waals surface area contributed by atoms with E-state index in [9.17, 15) is 19.5 Å². The lowest BCUT2D eigenvalue weighted by molar-refractivity contribution is -0.135. The monoisotopic (exact) mass is 394 g/mol. The van der Waals surface area contributed by atoms with E-state index in [1.165, 1.54) is 11.3 Å². The second-order valence-corrected chi connectivity index (χ2v) is 8.32. The van der Waals surface area contributed by atoms with Crippen molar-refractivity contribution >= 4 is 46.2 Å². The number of hydrogen-bond acceptors (Lipinski definition) is 6. The van der Waals surface area contributed by atoms with E-state index in [-0.39, 0.29) is 42.7 Å². The summed E-state index contributed by atoms with van der Waals surface area (Å²) >= 11 is 2.43. The molecular formula is C18H22N2O4S2. The Morgan fingerprint density at radius 1 is 1.35 bits per heavy atom. The minimum Gasteiger partial charge on any atom is -0.396 e. The summed E-state index contributed by atoms with van der Waals surface area (Å²) in [6, 6.07) is 3.84. The van der Waals surface area contributed by atoms with Gasteiger partial charge < -0.3 is 10.0 Å². The van der Waals surface area contributed by atoms with Gasteiger partial charge in [0.05, 0.1) is 4.91 Å². The third-order valence-electron chi connectivity index (χ3n) is 4.65. The van der Waals surface area contributed by atoms with Crippen LogP contribution in [0.3, 0.4) is 0 Å². The molecule has 0 radical (unpaired) electrons. The summed E-state index contributed by atoms with van der Waals surface area (Å²) in [6.07, 6.45) is 5.35. The van der Waals surface area contributed by atoms with Crippen LogP contribution < -0.4 is 0 Å². The molecule has 1 aromatic rings. The van der Waals surface area contributed by atoms with Crippen LogP contribution in [0.1, 0.15) is 37.0 Å². The summed E-state index contributed by atoms with van der Waals surface area (Å²) in [5.41, 5.74) is 0. The highest BCUT2D eigenvalue weighted by Gasteiger charge is 2.36. The van der Waals surface area contributed by atoms with Crippen LogP contribution >= 0.6 is 23.1 Å². The second-order valence-electron chi connectivity index (χ2n) is 6.35. The lowest BCUT2D eigenvalue weighted by atomic mass is 9.99. The number of hydrogen-bond donors (Lipinski definition) is 1. The van der Waals surface area contributed by atoms with E-state index in [1.807, 2.05) is 17.5 Å². The van der Waals surface area contributed by atoms with Crippen molar-refractivity contribution in [2.24, 2.45) is 0 Å². The molecule has 8 heteroatoms. The molecule has 0 spiro atoms. The molecule has 3 heterocycles. The topological polar surface area (TPSA) is 77.9 Å². The Hall–Kier alpha value is -1.64. The fraction of sp³-hybridized carbons (Fsp3) is 0.500. The van der Waals surface area contributed by atoms with Crippen LogP contribution in [0, 0.1) is 0 Å². The molecule has 1 aromatic heterocycles. The van der Waals surface area contributed by atoms with Crippen molar-refractivity contribution in [2.45, 2.75) is 38.1 Å². The minimum atomic E-state index is -0.327. The molecule has 3 rings (SSSR count). The number of aliphatic hydroxyl groups is 1. The first-order valence-corrected chi connectivity index (χ1v) is 10.5. The fourth-order valence-corrected chi connectivity index (χ4v) is 4.91. The van der Waals surface area contributed by atoms with Gasteiger partial charge in [-0.05, 0) is 55.0 Å². The molecule has 1 atom stereocenters. The Balaban J connectivity index is 1.59. The van der Waals surface area contributed by atoms with Crippen molar-refractivity contribution in [3.8, 4) is 0 Å². The van der Waals surface area contributed by atoms with Crippen LogP contribution in [0.25, 0.3) is 6.08 Å². The Morgan fingerprint density at radius 2 is 2.19 bits per heavy atom. The number of amides is 3. The van der Waals surface area contributed by atoms with E-state index >= 15 is 0 Å². The van der Waals surface area contributed by atoms with Crippen molar-refractivity contribution < 1.29 is 19.5 Å². The first-order chi connectivity index (χ1) is 12.6. The number of nitrogens with zero attached hydrogens (tertiary/aromatic N) is 2. The summed E-state index contributed by atoms with van der Waals surface area (Å²) in [6.45, 7) is 0.850. The smallest absolute Gasteiger partial charge is 0.293 e. The number of thiophene rings is 1. The number of imide groups is 1. The standard InChI is InChI=1S/C18H22N2O4S2/c21-10-7-13-4-1-2-8-19(13)16(22)6-9-20-17(23)15(26-18(20)24)12-14-5-3-11-25-14/h3,5,11-13,21H,1-2,4,6-10H2/b15-12-/t13-/m0/s1. The zero-order valence-corrected chi connectivity index (χ0v) is 16.1. The van der Waals surface area contributed by atoms with Gasteiger partial charge in [0.15, 0.2) is 0 Å². The van der Waals surface area contributed by atoms with Crippen molar-refractivity contribution in [2.75, 3.05) is 19.7 Å². The molecule has 0 bridgehead atoms. The lowest BCUT2D eigenvalue weighted by Gasteiger charge is -2.36. The van der Waals surface area contributed by atoms with Crippen LogP contribution in [-0.2, 0) is 9.59 Å². The van der Waals surface area contributed by atoms with Gasteiger partial charge in [-0.25, -0.2) is 0 Å². The SMILES string of the molecule is O=C1S/C(=C\c2cccs2)C(=O)N1CCC(=O)N1CCCC[C@H]1CCO. The Kier molecular flexibility index (Phi) is 6.50. The molecular weight excluding hydrogens is 372 g/mol. The van der Waals surface area contributed by atoms with Crippen LogP contribution in [-0.4, -0.2) is 57.7 Å². The zero-order valence-electron chi connectivity index (χ0n) is 14.4. The van der Waals surface area contributed by atoms with E-state index in [4.69, 9.17) is 0 Å². The zero-order chi connectivity index (χ0) is 18.5. The highest BCUT2D eigenvalue weighted by molar-refractivity contribution is 8.18. The molecule has 2 aliphatic rings. The summed E-state index contributed by atoms with van der Waals surface area (Å²) < 4.78 is 0. The fourth-order valence-electron chi connectivity index (χ4n) is 3.32. The molecule has 2 saturated heterocycles. The molecule has 0 saturated carbocycles. The maximum Gasteiger partial charge on any atom is 0.293 e. The second kappa shape index (κ2) is 8.83. The molecule has 26 heavy (non-hydrogen) atoms. The van der Waals surface area contributed by atoms with E-state index in [0.717, 1.165) is 40.8 Å². The number of piperidine rings is 1. The molecule has 0 unspecified atom stereocenters. The van der Waals surface area contributed by atoms with E-state index in [2.05, 4.69) is 0 Å². The van der Waals surface area contributed by atoms with Crippen LogP contribution in [0.2, 0.25) is 0 Å². The Bertz CT molecular complexity index is 700. The summed E-state index contributed by atoms with van der Waals surface area (Å²) in [4.78, 5) is 41.5. The van der Waals surface area contributed by atoms with Crippen molar-refractivity contribution in [1.29, 1.82) is 0 Å². The van der Waals surface area contributed by atoms with Crippen molar-refractivity contribution in [3.63, 3.8) is 0 Å². The van der Waals surface area contributed by atoms with Crippen LogP contribution in [0.4, 0.5) is 4.79 Å². The van der Waals surface area contributed by atoms with Gasteiger partial charge >= 0.3 is 0 Å². The predicted molar refractivity (Wildman–Crippen MR) is 103 cm³/mol. The minimum absolute atomic E-state index is 0.0514. The third kappa shape index (κ3) is 4.36. The Labute approximate surface area is 160 Å². The van der Waals surface area contributed by atoms with Gasteiger partial charge in [-0.3, -0.25) is 19.3 Å². The molecule has 2 fully saturated rings. The number of rotatable bonds is 6. The largest absolute Gasteiger partial charge is 0.396 e. The third-order valence-corrected chi connectivity index (χ3v) is 6.38. The molecule has 2 aliphatic heterocycles. The molecule has 140 valence electrons. The molecule has 0 aliphatic carbocycles. The van der Waals surface area contributed by atoms with Gasteiger partial charge in [-0.2, -0.15) is 0 Å². The predicted octanol–water partition coefficient (Wildman–Crippen LogP) is 2.94. The van der Waals surface area contributed by atoms with Gasteiger partial charge in [0.2, 0.25) is 5.91 Å². The molecule has 3 amide bonds. The quantitative estimate of drug-likeness (QED) is 0.751. The Morgan fingerprint density at radius 3 is 2.92 bits per heavy atom. The average Bonchev–Trinajstić information content (AvgIpc) is 3.23. The van der Waals surface area contributed by atoms with Gasteiger partial charge in [0.25, 0.3) is 11.1 Å². The van der Waals surface area contributed by atoms with Gasteiger partial charge in [-0.15, -0.1) is 11.3 Å². The summed E-state index contributed by atoms with van der Waals surface area (Å²) in [7, 11) is 0. The van der Waals surface area contributed by atoms with Crippen molar-refractivity contribution in [3.05, 3.63) is 27.3 Å². The lowest BCUT2D eigenvalue weighted by Crippen LogP contribution is -2.45. The van der Waals surface area contributed by atoms with E-state index in [1.54, 1.807) is 11.0 Å². The summed E-state index contributed by atoms with van der Waals surface area (Å²) in [5, 5.41) is 10.8. The van der Waals surface area contributed by atoms with E-state index < -0.39 is 0 Å². The number of aliphatic hydroxyl groups excluding tert-OH is 1. The first-order valence-electron chi connectivity index (χ1n) is 8.79. The number of likely N-dealkylation sites (tertiary alicyclic amines) is 1. The molecule has 1 N–H and O–H groups in total. The molecule has 0 aromatic carbocycles. The summed E-state index contributed by atoms with van der Waals surface area (Å²) in [5.74, 6) is -0.379. The number of thioether (sulfide) groups is 1. The van der Waals surface area contributed by atoms with Crippen LogP contribution in [0.15, 0.2) is 22.4 Å². The molecule has 6 nitrogen and oxygen atoms in total. The number of carbonyl (C=O) groups is 3.